The molecular weight excluding hydrogens is 266 g/mol. The van der Waals surface area contributed by atoms with Crippen LogP contribution in [0.2, 0.25) is 0 Å². The number of aromatic carboxylic acids is 1. The van der Waals surface area contributed by atoms with Gasteiger partial charge in [0.15, 0.2) is 0 Å². The lowest BCUT2D eigenvalue weighted by atomic mass is 10.4. The number of hydrogen-bond acceptors (Lipinski definition) is 4. The van der Waals surface area contributed by atoms with Gasteiger partial charge in [-0.1, -0.05) is 0 Å². The highest BCUT2D eigenvalue weighted by molar-refractivity contribution is 5.84. The predicted molar refractivity (Wildman–Crippen MR) is 67.1 cm³/mol. The summed E-state index contributed by atoms with van der Waals surface area (Å²) in [6, 6.07) is 2.52. The minimum Gasteiger partial charge on any atom is -0.475 e. The van der Waals surface area contributed by atoms with Gasteiger partial charge in [0.2, 0.25) is 11.7 Å². The molecule has 0 bridgehead atoms. The lowest BCUT2D eigenvalue weighted by Crippen LogP contribution is -2.41. The summed E-state index contributed by atoms with van der Waals surface area (Å²) in [5, 5.41) is 14.0. The normalized spacial score (nSPS) is 15.4. The number of nitrogens with zero attached hydrogens (tertiary/aromatic N) is 1. The van der Waals surface area contributed by atoms with E-state index in [1.54, 1.807) is 0 Å². The molecule has 1 fully saturated rings. The average Bonchev–Trinajstić information content (AvgIpc) is 2.79. The molecule has 1 aliphatic rings. The van der Waals surface area contributed by atoms with Gasteiger partial charge < -0.3 is 25.1 Å². The first-order chi connectivity index (χ1) is 9.56. The lowest BCUT2D eigenvalue weighted by molar-refractivity contribution is -0.120. The summed E-state index contributed by atoms with van der Waals surface area (Å²) in [5.41, 5.74) is 0. The van der Waals surface area contributed by atoms with Gasteiger partial charge in [-0.25, -0.2) is 9.59 Å². The Morgan fingerprint density at radius 1 is 1.40 bits per heavy atom. The van der Waals surface area contributed by atoms with Crippen LogP contribution in [0.5, 0.6) is 0 Å². The Morgan fingerprint density at radius 3 is 2.90 bits per heavy atom. The SMILES string of the molecule is O=C1CCN(C(=O)NCc2ccc(C(=O)O)o2)CCN1. The molecule has 0 aliphatic carbocycles. The van der Waals surface area contributed by atoms with Crippen LogP contribution in [-0.2, 0) is 11.3 Å². The van der Waals surface area contributed by atoms with E-state index in [9.17, 15) is 14.4 Å². The Bertz CT molecular complexity index is 525. The highest BCUT2D eigenvalue weighted by atomic mass is 16.4. The third-order valence-corrected chi connectivity index (χ3v) is 2.89. The average molecular weight is 281 g/mol. The smallest absolute Gasteiger partial charge is 0.371 e. The number of hydrogen-bond donors (Lipinski definition) is 3. The Kier molecular flexibility index (Phi) is 4.24. The molecule has 0 aromatic carbocycles. The predicted octanol–water partition coefficient (Wildman–Crippen LogP) is 0.00930. The summed E-state index contributed by atoms with van der Waals surface area (Å²) in [5.74, 6) is -1.03. The van der Waals surface area contributed by atoms with E-state index in [1.165, 1.54) is 17.0 Å². The molecule has 8 heteroatoms. The molecule has 3 N–H and O–H groups in total. The van der Waals surface area contributed by atoms with Gasteiger partial charge in [-0.05, 0) is 12.1 Å². The Balaban J connectivity index is 1.84. The number of carbonyl (C=O) groups excluding carboxylic acids is 2. The largest absolute Gasteiger partial charge is 0.475 e. The third-order valence-electron chi connectivity index (χ3n) is 2.89. The third kappa shape index (κ3) is 3.50. The second kappa shape index (κ2) is 6.09. The first-order valence-electron chi connectivity index (χ1n) is 6.18. The molecule has 2 heterocycles. The molecule has 1 saturated heterocycles. The van der Waals surface area contributed by atoms with Gasteiger partial charge in [0.05, 0.1) is 6.54 Å². The van der Waals surface area contributed by atoms with Crippen LogP contribution in [0.15, 0.2) is 16.5 Å². The van der Waals surface area contributed by atoms with E-state index in [1.807, 2.05) is 0 Å². The van der Waals surface area contributed by atoms with Crippen LogP contribution in [-0.4, -0.2) is 47.5 Å². The number of carboxylic acids is 1. The zero-order valence-electron chi connectivity index (χ0n) is 10.7. The molecule has 1 aromatic rings. The summed E-state index contributed by atoms with van der Waals surface area (Å²) in [6.45, 7) is 1.33. The van der Waals surface area contributed by atoms with Gasteiger partial charge >= 0.3 is 12.0 Å². The van der Waals surface area contributed by atoms with E-state index < -0.39 is 5.97 Å². The molecule has 8 nitrogen and oxygen atoms in total. The molecule has 1 aliphatic heterocycles. The highest BCUT2D eigenvalue weighted by Crippen LogP contribution is 2.07. The van der Waals surface area contributed by atoms with Crippen LogP contribution in [0.1, 0.15) is 22.7 Å². The van der Waals surface area contributed by atoms with E-state index in [0.717, 1.165) is 0 Å². The maximum Gasteiger partial charge on any atom is 0.371 e. The standard InChI is InChI=1S/C12H15N3O5/c16-10-3-5-15(6-4-13-10)12(19)14-7-8-1-2-9(20-8)11(17)18/h1-2H,3-7H2,(H,13,16)(H,14,19)(H,17,18). The second-order valence-electron chi connectivity index (χ2n) is 4.32. The Hall–Kier alpha value is -2.51. The number of carbonyl (C=O) groups is 3. The van der Waals surface area contributed by atoms with Crippen molar-refractivity contribution in [1.82, 2.24) is 15.5 Å². The number of nitrogens with one attached hydrogen (secondary N) is 2. The van der Waals surface area contributed by atoms with E-state index in [4.69, 9.17) is 9.52 Å². The number of amides is 3. The van der Waals surface area contributed by atoms with Crippen LogP contribution in [0, 0.1) is 0 Å². The van der Waals surface area contributed by atoms with Gasteiger partial charge in [0.1, 0.15) is 5.76 Å². The molecular formula is C12H15N3O5. The number of rotatable bonds is 3. The van der Waals surface area contributed by atoms with E-state index in [0.29, 0.717) is 25.4 Å². The Labute approximate surface area is 114 Å². The van der Waals surface area contributed by atoms with Crippen molar-refractivity contribution in [2.75, 3.05) is 19.6 Å². The fraction of sp³-hybridized carbons (Fsp3) is 0.417. The maximum atomic E-state index is 11.9. The van der Waals surface area contributed by atoms with Crippen molar-refractivity contribution < 1.29 is 23.9 Å². The van der Waals surface area contributed by atoms with Gasteiger partial charge in [0, 0.05) is 26.1 Å². The number of urea groups is 1. The maximum absolute atomic E-state index is 11.9. The minimum atomic E-state index is -1.15. The van der Waals surface area contributed by atoms with Crippen LogP contribution in [0.3, 0.4) is 0 Å². The Morgan fingerprint density at radius 2 is 2.20 bits per heavy atom. The van der Waals surface area contributed by atoms with Crippen LogP contribution in [0.4, 0.5) is 4.79 Å². The van der Waals surface area contributed by atoms with Crippen LogP contribution < -0.4 is 10.6 Å². The zero-order chi connectivity index (χ0) is 14.5. The fourth-order valence-electron chi connectivity index (χ4n) is 1.83. The van der Waals surface area contributed by atoms with Gasteiger partial charge in [-0.2, -0.15) is 0 Å². The molecule has 1 aromatic heterocycles. The summed E-state index contributed by atoms with van der Waals surface area (Å²) < 4.78 is 5.03. The molecule has 20 heavy (non-hydrogen) atoms. The molecule has 108 valence electrons. The molecule has 0 saturated carbocycles. The van der Waals surface area contributed by atoms with Crippen molar-refractivity contribution >= 4 is 17.9 Å². The number of furan rings is 1. The van der Waals surface area contributed by atoms with Crippen LogP contribution >= 0.6 is 0 Å². The first kappa shape index (κ1) is 13.9. The molecule has 2 rings (SSSR count). The van der Waals surface area contributed by atoms with Crippen molar-refractivity contribution in [1.29, 1.82) is 0 Å². The van der Waals surface area contributed by atoms with Gasteiger partial charge in [0.25, 0.3) is 0 Å². The van der Waals surface area contributed by atoms with Gasteiger partial charge in [-0.15, -0.1) is 0 Å². The molecule has 0 radical (unpaired) electrons. The van der Waals surface area contributed by atoms with Crippen molar-refractivity contribution in [3.05, 3.63) is 23.7 Å². The molecule has 0 unspecified atom stereocenters. The fourth-order valence-corrected chi connectivity index (χ4v) is 1.83. The molecule has 0 atom stereocenters. The minimum absolute atomic E-state index is 0.0718. The van der Waals surface area contributed by atoms with Crippen molar-refractivity contribution in [3.63, 3.8) is 0 Å². The number of carboxylic acid groups (broad SMARTS) is 1. The summed E-state index contributed by atoms with van der Waals surface area (Å²) in [6.07, 6.45) is 0.275. The molecule has 3 amide bonds. The quantitative estimate of drug-likeness (QED) is 0.722. The highest BCUT2D eigenvalue weighted by Gasteiger charge is 2.18. The van der Waals surface area contributed by atoms with E-state index >= 15 is 0 Å². The van der Waals surface area contributed by atoms with E-state index in [2.05, 4.69) is 10.6 Å². The topological polar surface area (TPSA) is 112 Å². The zero-order valence-corrected chi connectivity index (χ0v) is 10.7. The van der Waals surface area contributed by atoms with E-state index in [-0.39, 0.29) is 30.7 Å². The monoisotopic (exact) mass is 281 g/mol. The summed E-state index contributed by atoms with van der Waals surface area (Å²) in [4.78, 5) is 35.2. The lowest BCUT2D eigenvalue weighted by Gasteiger charge is -2.19. The van der Waals surface area contributed by atoms with Gasteiger partial charge in [-0.3, -0.25) is 4.79 Å². The molecule has 0 spiro atoms. The van der Waals surface area contributed by atoms with Crippen molar-refractivity contribution in [3.8, 4) is 0 Å². The van der Waals surface area contributed by atoms with Crippen molar-refractivity contribution in [2.45, 2.75) is 13.0 Å². The second-order valence-corrected chi connectivity index (χ2v) is 4.32. The summed E-state index contributed by atoms with van der Waals surface area (Å²) in [7, 11) is 0. The van der Waals surface area contributed by atoms with Crippen LogP contribution in [0.25, 0.3) is 0 Å². The summed E-state index contributed by atoms with van der Waals surface area (Å²) >= 11 is 0. The van der Waals surface area contributed by atoms with Crippen molar-refractivity contribution in [2.24, 2.45) is 0 Å². The first-order valence-corrected chi connectivity index (χ1v) is 6.18.